The quantitative estimate of drug-likeness (QED) is 0.772. The Bertz CT molecular complexity index is 253. The first-order valence-electron chi connectivity index (χ1n) is 6.51. The highest BCUT2D eigenvalue weighted by molar-refractivity contribution is 5.78. The molecular formula is C13H26N2O2. The van der Waals surface area contributed by atoms with E-state index in [2.05, 4.69) is 0 Å². The Morgan fingerprint density at radius 2 is 1.88 bits per heavy atom. The lowest BCUT2D eigenvalue weighted by molar-refractivity contribution is -0.138. The predicted molar refractivity (Wildman–Crippen MR) is 68.4 cm³/mol. The van der Waals surface area contributed by atoms with E-state index in [9.17, 15) is 9.90 Å². The van der Waals surface area contributed by atoms with Gasteiger partial charge in [0.05, 0.1) is 5.60 Å². The van der Waals surface area contributed by atoms with Crippen LogP contribution in [-0.2, 0) is 4.79 Å². The largest absolute Gasteiger partial charge is 0.389 e. The predicted octanol–water partition coefficient (Wildman–Crippen LogP) is 0.981. The highest BCUT2D eigenvalue weighted by Crippen LogP contribution is 2.29. The molecule has 0 aromatic carbocycles. The average Bonchev–Trinajstić information content (AvgIpc) is 2.26. The summed E-state index contributed by atoms with van der Waals surface area (Å²) < 4.78 is 0. The molecule has 4 heteroatoms. The van der Waals surface area contributed by atoms with Gasteiger partial charge in [-0.25, -0.2) is 0 Å². The van der Waals surface area contributed by atoms with Crippen molar-refractivity contribution in [2.75, 3.05) is 20.1 Å². The van der Waals surface area contributed by atoms with Crippen molar-refractivity contribution >= 4 is 5.91 Å². The zero-order chi connectivity index (χ0) is 13.1. The summed E-state index contributed by atoms with van der Waals surface area (Å²) in [4.78, 5) is 13.8. The second-order valence-electron chi connectivity index (χ2n) is 5.96. The topological polar surface area (TPSA) is 66.6 Å². The summed E-state index contributed by atoms with van der Waals surface area (Å²) >= 11 is 0. The molecule has 1 fully saturated rings. The molecule has 17 heavy (non-hydrogen) atoms. The number of amides is 1. The lowest BCUT2D eigenvalue weighted by Gasteiger charge is -2.32. The Kier molecular flexibility index (Phi) is 4.95. The van der Waals surface area contributed by atoms with E-state index in [1.165, 1.54) is 0 Å². The second-order valence-corrected chi connectivity index (χ2v) is 5.96. The number of carbonyl (C=O) groups excluding carboxylic acids is 1. The van der Waals surface area contributed by atoms with Gasteiger partial charge in [-0.2, -0.15) is 0 Å². The summed E-state index contributed by atoms with van der Waals surface area (Å²) in [5.41, 5.74) is 4.82. The molecule has 0 spiro atoms. The van der Waals surface area contributed by atoms with Crippen LogP contribution in [0.1, 0.15) is 39.5 Å². The van der Waals surface area contributed by atoms with Crippen LogP contribution in [0.15, 0.2) is 0 Å². The monoisotopic (exact) mass is 242 g/mol. The van der Waals surface area contributed by atoms with Crippen LogP contribution in [0.2, 0.25) is 0 Å². The van der Waals surface area contributed by atoms with Gasteiger partial charge in [0, 0.05) is 19.5 Å². The lowest BCUT2D eigenvalue weighted by Crippen LogP contribution is -2.43. The van der Waals surface area contributed by atoms with Crippen molar-refractivity contribution in [3.63, 3.8) is 0 Å². The van der Waals surface area contributed by atoms with E-state index < -0.39 is 5.60 Å². The number of likely N-dealkylation sites (N-methyl/N-ethyl adjacent to an activating group) is 1. The Hall–Kier alpha value is -0.610. The van der Waals surface area contributed by atoms with Crippen molar-refractivity contribution in [2.45, 2.75) is 45.1 Å². The van der Waals surface area contributed by atoms with Gasteiger partial charge in [-0.05, 0) is 52.0 Å². The molecule has 0 saturated heterocycles. The fraction of sp³-hybridized carbons (Fsp3) is 0.923. The third-order valence-electron chi connectivity index (χ3n) is 3.53. The molecular weight excluding hydrogens is 216 g/mol. The molecule has 0 heterocycles. The van der Waals surface area contributed by atoms with Crippen LogP contribution in [0, 0.1) is 11.8 Å². The average molecular weight is 242 g/mol. The molecule has 0 aromatic heterocycles. The number of hydrogen-bond acceptors (Lipinski definition) is 3. The molecule has 1 rings (SSSR count). The maximum Gasteiger partial charge on any atom is 0.225 e. The van der Waals surface area contributed by atoms with Crippen LogP contribution in [-0.4, -0.2) is 41.7 Å². The fourth-order valence-corrected chi connectivity index (χ4v) is 2.62. The maximum atomic E-state index is 12.2. The van der Waals surface area contributed by atoms with Crippen molar-refractivity contribution in [1.29, 1.82) is 0 Å². The summed E-state index contributed by atoms with van der Waals surface area (Å²) in [5, 5.41) is 9.71. The van der Waals surface area contributed by atoms with Crippen molar-refractivity contribution in [1.82, 2.24) is 4.90 Å². The molecule has 0 aliphatic heterocycles. The van der Waals surface area contributed by atoms with Crippen molar-refractivity contribution in [3.8, 4) is 0 Å². The molecule has 1 aliphatic carbocycles. The van der Waals surface area contributed by atoms with Crippen molar-refractivity contribution < 1.29 is 9.90 Å². The molecule has 1 aliphatic rings. The van der Waals surface area contributed by atoms with Gasteiger partial charge < -0.3 is 15.7 Å². The lowest BCUT2D eigenvalue weighted by atomic mass is 9.81. The Balaban J connectivity index is 2.43. The molecule has 1 saturated carbocycles. The van der Waals surface area contributed by atoms with Crippen LogP contribution in [0.3, 0.4) is 0 Å². The van der Waals surface area contributed by atoms with Crippen LogP contribution < -0.4 is 5.73 Å². The normalized spacial score (nSPS) is 25.7. The molecule has 3 N–H and O–H groups in total. The smallest absolute Gasteiger partial charge is 0.225 e. The summed E-state index contributed by atoms with van der Waals surface area (Å²) in [6, 6.07) is 0. The van der Waals surface area contributed by atoms with Gasteiger partial charge in [0.15, 0.2) is 0 Å². The number of nitrogens with two attached hydrogens (primary N) is 1. The van der Waals surface area contributed by atoms with E-state index in [1.54, 1.807) is 25.8 Å². The Morgan fingerprint density at radius 1 is 1.35 bits per heavy atom. The first-order valence-corrected chi connectivity index (χ1v) is 6.51. The van der Waals surface area contributed by atoms with E-state index in [-0.39, 0.29) is 11.8 Å². The van der Waals surface area contributed by atoms with Gasteiger partial charge in [0.25, 0.3) is 0 Å². The van der Waals surface area contributed by atoms with E-state index in [0.29, 0.717) is 12.5 Å². The second kappa shape index (κ2) is 5.83. The highest BCUT2D eigenvalue weighted by Gasteiger charge is 2.29. The van der Waals surface area contributed by atoms with Crippen LogP contribution in [0.5, 0.6) is 0 Å². The highest BCUT2D eigenvalue weighted by atomic mass is 16.3. The zero-order valence-corrected chi connectivity index (χ0v) is 11.3. The number of rotatable bonds is 4. The molecule has 0 bridgehead atoms. The van der Waals surface area contributed by atoms with Gasteiger partial charge >= 0.3 is 0 Å². The maximum absolute atomic E-state index is 12.2. The molecule has 100 valence electrons. The number of nitrogens with zero attached hydrogens (tertiary/aromatic N) is 1. The molecule has 4 nitrogen and oxygen atoms in total. The van der Waals surface area contributed by atoms with Crippen LogP contribution >= 0.6 is 0 Å². The fourth-order valence-electron chi connectivity index (χ4n) is 2.62. The number of aliphatic hydroxyl groups is 1. The van der Waals surface area contributed by atoms with E-state index in [4.69, 9.17) is 5.73 Å². The molecule has 1 amide bonds. The standard InChI is InChI=1S/C13H26N2O2/c1-13(2,17)9-15(3)12(16)11-6-4-10(8-14)5-7-11/h10-11,17H,4-9,14H2,1-3H3. The first kappa shape index (κ1) is 14.5. The minimum absolute atomic E-state index is 0.130. The number of hydrogen-bond donors (Lipinski definition) is 2. The van der Waals surface area contributed by atoms with Crippen molar-refractivity contribution in [3.05, 3.63) is 0 Å². The van der Waals surface area contributed by atoms with E-state index in [1.807, 2.05) is 0 Å². The van der Waals surface area contributed by atoms with Gasteiger partial charge in [-0.15, -0.1) is 0 Å². The molecule has 0 atom stereocenters. The number of carbonyl (C=O) groups is 1. The van der Waals surface area contributed by atoms with Gasteiger partial charge in [0.1, 0.15) is 0 Å². The van der Waals surface area contributed by atoms with E-state index >= 15 is 0 Å². The molecule has 0 radical (unpaired) electrons. The molecule has 0 unspecified atom stereocenters. The van der Waals surface area contributed by atoms with Gasteiger partial charge in [-0.1, -0.05) is 0 Å². The third kappa shape index (κ3) is 4.64. The Labute approximate surface area is 104 Å². The third-order valence-corrected chi connectivity index (χ3v) is 3.53. The van der Waals surface area contributed by atoms with Crippen LogP contribution in [0.25, 0.3) is 0 Å². The minimum atomic E-state index is -0.821. The minimum Gasteiger partial charge on any atom is -0.389 e. The summed E-state index contributed by atoms with van der Waals surface area (Å²) in [5.74, 6) is 0.895. The first-order chi connectivity index (χ1) is 7.83. The summed E-state index contributed by atoms with van der Waals surface area (Å²) in [7, 11) is 1.77. The summed E-state index contributed by atoms with van der Waals surface area (Å²) in [6.45, 7) is 4.58. The van der Waals surface area contributed by atoms with Crippen molar-refractivity contribution in [2.24, 2.45) is 17.6 Å². The zero-order valence-electron chi connectivity index (χ0n) is 11.3. The molecule has 0 aromatic rings. The van der Waals surface area contributed by atoms with Crippen LogP contribution in [0.4, 0.5) is 0 Å². The van der Waals surface area contributed by atoms with Gasteiger partial charge in [-0.3, -0.25) is 4.79 Å². The SMILES string of the molecule is CN(CC(C)(C)O)C(=O)C1CCC(CN)CC1. The van der Waals surface area contributed by atoms with E-state index in [0.717, 1.165) is 32.2 Å². The van der Waals surface area contributed by atoms with Gasteiger partial charge in [0.2, 0.25) is 5.91 Å². The summed E-state index contributed by atoms with van der Waals surface area (Å²) in [6.07, 6.45) is 4.00. The Morgan fingerprint density at radius 3 is 2.29 bits per heavy atom.